The minimum absolute atomic E-state index is 0.144. The van der Waals surface area contributed by atoms with Gasteiger partial charge in [0, 0.05) is 0 Å². The Labute approximate surface area is 101 Å². The van der Waals surface area contributed by atoms with Crippen molar-refractivity contribution in [2.45, 2.75) is 25.4 Å². The van der Waals surface area contributed by atoms with Crippen LogP contribution in [0.15, 0.2) is 18.2 Å². The van der Waals surface area contributed by atoms with Crippen LogP contribution >= 0.6 is 11.6 Å². The van der Waals surface area contributed by atoms with E-state index in [2.05, 4.69) is 0 Å². The first-order valence-electron chi connectivity index (χ1n) is 5.20. The summed E-state index contributed by atoms with van der Waals surface area (Å²) in [6, 6.07) is 5.55. The molecule has 0 aliphatic rings. The number of benzene rings is 1. The van der Waals surface area contributed by atoms with Crippen molar-refractivity contribution in [3.05, 3.63) is 28.8 Å². The van der Waals surface area contributed by atoms with Gasteiger partial charge in [-0.3, -0.25) is 0 Å². The third kappa shape index (κ3) is 3.37. The summed E-state index contributed by atoms with van der Waals surface area (Å²) in [5, 5.41) is 18.7. The first-order chi connectivity index (χ1) is 7.58. The maximum Gasteiger partial charge on any atom is 0.137 e. The van der Waals surface area contributed by atoms with E-state index in [1.807, 2.05) is 19.1 Å². The first kappa shape index (κ1) is 13.3. The minimum atomic E-state index is -0.684. The zero-order valence-corrected chi connectivity index (χ0v) is 10.2. The lowest BCUT2D eigenvalue weighted by Gasteiger charge is -2.16. The highest BCUT2D eigenvalue weighted by Crippen LogP contribution is 2.29. The molecule has 0 heterocycles. The number of aliphatic hydroxyl groups excluding tert-OH is 2. The van der Waals surface area contributed by atoms with Crippen molar-refractivity contribution in [3.8, 4) is 5.75 Å². The van der Waals surface area contributed by atoms with Crippen LogP contribution in [0.1, 0.15) is 24.8 Å². The fourth-order valence-corrected chi connectivity index (χ4v) is 1.87. The Morgan fingerprint density at radius 1 is 1.44 bits per heavy atom. The molecule has 0 aliphatic heterocycles. The molecule has 0 fully saturated rings. The van der Waals surface area contributed by atoms with Gasteiger partial charge in [0.15, 0.2) is 0 Å². The van der Waals surface area contributed by atoms with Gasteiger partial charge in [-0.05, 0) is 30.0 Å². The normalized spacial score (nSPS) is 14.6. The maximum absolute atomic E-state index is 9.35. The molecule has 1 aromatic rings. The second-order valence-corrected chi connectivity index (χ2v) is 4.27. The topological polar surface area (TPSA) is 49.7 Å². The molecule has 0 aromatic heterocycles. The van der Waals surface area contributed by atoms with E-state index in [-0.39, 0.29) is 12.5 Å². The summed E-state index contributed by atoms with van der Waals surface area (Å²) in [6.45, 7) is 1.77. The van der Waals surface area contributed by atoms with Crippen molar-refractivity contribution in [2.75, 3.05) is 13.7 Å². The molecule has 0 amide bonds. The number of hydrogen-bond acceptors (Lipinski definition) is 3. The van der Waals surface area contributed by atoms with Gasteiger partial charge in [-0.1, -0.05) is 24.6 Å². The number of hydrogen-bond donors (Lipinski definition) is 2. The van der Waals surface area contributed by atoms with E-state index in [4.69, 9.17) is 21.4 Å². The third-order valence-electron chi connectivity index (χ3n) is 2.58. The second-order valence-electron chi connectivity index (χ2n) is 3.87. The lowest BCUT2D eigenvalue weighted by atomic mass is 9.95. The van der Waals surface area contributed by atoms with Gasteiger partial charge in [-0.2, -0.15) is 0 Å². The van der Waals surface area contributed by atoms with Gasteiger partial charge >= 0.3 is 0 Å². The minimum Gasteiger partial charge on any atom is -0.495 e. The Bertz CT molecular complexity index is 341. The Kier molecular flexibility index (Phi) is 5.06. The fraction of sp³-hybridized carbons (Fsp3) is 0.500. The van der Waals surface area contributed by atoms with E-state index in [9.17, 15) is 5.11 Å². The van der Waals surface area contributed by atoms with Crippen LogP contribution in [-0.2, 0) is 0 Å². The lowest BCUT2D eigenvalue weighted by molar-refractivity contribution is 0.0835. The summed E-state index contributed by atoms with van der Waals surface area (Å²) in [6.07, 6.45) is -0.171. The average Bonchev–Trinajstić information content (AvgIpc) is 2.28. The molecule has 0 aliphatic carbocycles. The van der Waals surface area contributed by atoms with Crippen molar-refractivity contribution in [1.29, 1.82) is 0 Å². The Morgan fingerprint density at radius 2 is 2.12 bits per heavy atom. The number of ether oxygens (including phenoxy) is 1. The summed E-state index contributed by atoms with van der Waals surface area (Å²) in [4.78, 5) is 0. The standard InChI is InChI=1S/C12H17ClO3/c1-8(5-10(15)7-14)9-3-4-12(16-2)11(13)6-9/h3-4,6,8,10,14-15H,5,7H2,1-2H3. The molecular weight excluding hydrogens is 228 g/mol. The number of rotatable bonds is 5. The number of methoxy groups -OCH3 is 1. The smallest absolute Gasteiger partial charge is 0.137 e. The zero-order valence-electron chi connectivity index (χ0n) is 9.48. The molecule has 2 unspecified atom stereocenters. The SMILES string of the molecule is COc1ccc(C(C)CC(O)CO)cc1Cl. The van der Waals surface area contributed by atoms with E-state index >= 15 is 0 Å². The van der Waals surface area contributed by atoms with E-state index < -0.39 is 6.10 Å². The monoisotopic (exact) mass is 244 g/mol. The molecule has 0 saturated carbocycles. The molecule has 16 heavy (non-hydrogen) atoms. The van der Waals surface area contributed by atoms with E-state index in [0.717, 1.165) is 5.56 Å². The zero-order chi connectivity index (χ0) is 12.1. The van der Waals surface area contributed by atoms with Crippen LogP contribution in [0, 0.1) is 0 Å². The van der Waals surface area contributed by atoms with Crippen molar-refractivity contribution in [1.82, 2.24) is 0 Å². The quantitative estimate of drug-likeness (QED) is 0.835. The van der Waals surface area contributed by atoms with E-state index in [1.165, 1.54) is 0 Å². The number of halogens is 1. The molecule has 0 saturated heterocycles. The third-order valence-corrected chi connectivity index (χ3v) is 2.88. The number of aliphatic hydroxyl groups is 2. The molecule has 1 rings (SSSR count). The summed E-state index contributed by atoms with van der Waals surface area (Å²) >= 11 is 6.01. The first-order valence-corrected chi connectivity index (χ1v) is 5.58. The largest absolute Gasteiger partial charge is 0.495 e. The molecule has 0 spiro atoms. The van der Waals surface area contributed by atoms with Gasteiger partial charge in [0.25, 0.3) is 0 Å². The highest BCUT2D eigenvalue weighted by atomic mass is 35.5. The van der Waals surface area contributed by atoms with Crippen LogP contribution in [0.5, 0.6) is 5.75 Å². The van der Waals surface area contributed by atoms with E-state index in [0.29, 0.717) is 17.2 Å². The lowest BCUT2D eigenvalue weighted by Crippen LogP contribution is -2.15. The molecule has 90 valence electrons. The molecular formula is C12H17ClO3. The Morgan fingerprint density at radius 3 is 2.62 bits per heavy atom. The summed E-state index contributed by atoms with van der Waals surface area (Å²) in [5.74, 6) is 0.783. The summed E-state index contributed by atoms with van der Waals surface area (Å²) in [7, 11) is 1.57. The van der Waals surface area contributed by atoms with Crippen LogP contribution in [0.2, 0.25) is 5.02 Å². The van der Waals surface area contributed by atoms with Crippen molar-refractivity contribution in [3.63, 3.8) is 0 Å². The van der Waals surface area contributed by atoms with Crippen LogP contribution < -0.4 is 4.74 Å². The van der Waals surface area contributed by atoms with Crippen LogP contribution in [-0.4, -0.2) is 30.0 Å². The van der Waals surface area contributed by atoms with Crippen molar-refractivity contribution >= 4 is 11.6 Å². The van der Waals surface area contributed by atoms with Crippen molar-refractivity contribution in [2.24, 2.45) is 0 Å². The predicted octanol–water partition coefficient (Wildman–Crippen LogP) is 2.20. The van der Waals surface area contributed by atoms with Gasteiger partial charge in [-0.25, -0.2) is 0 Å². The van der Waals surface area contributed by atoms with Crippen LogP contribution in [0.4, 0.5) is 0 Å². The van der Waals surface area contributed by atoms with Gasteiger partial charge in [0.1, 0.15) is 5.75 Å². The van der Waals surface area contributed by atoms with Crippen molar-refractivity contribution < 1.29 is 14.9 Å². The van der Waals surface area contributed by atoms with Crippen LogP contribution in [0.25, 0.3) is 0 Å². The molecule has 3 nitrogen and oxygen atoms in total. The van der Waals surface area contributed by atoms with Gasteiger partial charge in [0.2, 0.25) is 0 Å². The molecule has 0 bridgehead atoms. The average molecular weight is 245 g/mol. The molecule has 1 aromatic carbocycles. The molecule has 2 atom stereocenters. The van der Waals surface area contributed by atoms with Gasteiger partial charge in [-0.15, -0.1) is 0 Å². The predicted molar refractivity (Wildman–Crippen MR) is 64.1 cm³/mol. The maximum atomic E-state index is 9.35. The highest BCUT2D eigenvalue weighted by Gasteiger charge is 2.12. The van der Waals surface area contributed by atoms with Crippen LogP contribution in [0.3, 0.4) is 0 Å². The highest BCUT2D eigenvalue weighted by molar-refractivity contribution is 6.32. The second kappa shape index (κ2) is 6.09. The Balaban J connectivity index is 2.76. The molecule has 0 radical (unpaired) electrons. The Hall–Kier alpha value is -0.770. The fourth-order valence-electron chi connectivity index (χ4n) is 1.61. The molecule has 2 N–H and O–H groups in total. The summed E-state index contributed by atoms with van der Waals surface area (Å²) < 4.78 is 5.06. The molecule has 4 heteroatoms. The van der Waals surface area contributed by atoms with Gasteiger partial charge < -0.3 is 14.9 Å². The van der Waals surface area contributed by atoms with E-state index in [1.54, 1.807) is 13.2 Å². The van der Waals surface area contributed by atoms with Gasteiger partial charge in [0.05, 0.1) is 24.8 Å². The summed E-state index contributed by atoms with van der Waals surface area (Å²) in [5.41, 5.74) is 1.03.